The fraction of sp³-hybridized carbons (Fsp3) is 0.333. The van der Waals surface area contributed by atoms with Gasteiger partial charge in [0.15, 0.2) is 0 Å². The molecular formula is C21H22F3IrN2O2-. The minimum absolute atomic E-state index is 0. The molecule has 159 valence electrons. The minimum atomic E-state index is -4.36. The van der Waals surface area contributed by atoms with Crippen LogP contribution in [0.5, 0.6) is 0 Å². The minimum Gasteiger partial charge on any atom is -0.393 e. The van der Waals surface area contributed by atoms with Crippen LogP contribution in [0.15, 0.2) is 42.5 Å². The van der Waals surface area contributed by atoms with E-state index in [1.807, 2.05) is 24.3 Å². The van der Waals surface area contributed by atoms with Crippen LogP contribution in [0.2, 0.25) is 0 Å². The van der Waals surface area contributed by atoms with Gasteiger partial charge in [-0.2, -0.15) is 13.2 Å². The summed E-state index contributed by atoms with van der Waals surface area (Å²) in [7, 11) is 0. The molecule has 8 heteroatoms. The average molecular weight is 584 g/mol. The van der Waals surface area contributed by atoms with Crippen molar-refractivity contribution < 1.29 is 43.5 Å². The van der Waals surface area contributed by atoms with Gasteiger partial charge in [-0.05, 0) is 44.9 Å². The van der Waals surface area contributed by atoms with E-state index in [4.69, 9.17) is 10.2 Å². The molecule has 2 aromatic carbocycles. The molecule has 2 atom stereocenters. The number of aliphatic hydroxyl groups excluding tert-OH is 2. The van der Waals surface area contributed by atoms with Crippen LogP contribution in [0.4, 0.5) is 13.2 Å². The van der Waals surface area contributed by atoms with Crippen LogP contribution >= 0.6 is 0 Å². The Morgan fingerprint density at radius 3 is 1.93 bits per heavy atom. The van der Waals surface area contributed by atoms with Crippen molar-refractivity contribution in [3.63, 3.8) is 0 Å². The third kappa shape index (κ3) is 7.48. The Kier molecular flexibility index (Phi) is 9.36. The number of hydrogen-bond donors (Lipinski definition) is 2. The number of rotatable bonds is 3. The first kappa shape index (κ1) is 25.2. The smallest absolute Gasteiger partial charge is 0.381 e. The van der Waals surface area contributed by atoms with Gasteiger partial charge in [0.1, 0.15) is 0 Å². The third-order valence-electron chi connectivity index (χ3n) is 3.82. The standard InChI is InChI=1S/C16H10F3N2.C5H12O2.Ir/c1-10-15(21-14-5-3-2-4-13(14)20-10)11-6-8-12(9-7-11)16(17,18)19;1-4(6)3-5(2)7;/h2-6,8-9H,1H3;4-7H,3H2,1-2H3;/q-1;;. The molecule has 0 bridgehead atoms. The molecule has 0 fully saturated rings. The first-order valence-corrected chi connectivity index (χ1v) is 8.76. The third-order valence-corrected chi connectivity index (χ3v) is 3.82. The zero-order chi connectivity index (χ0) is 20.9. The summed E-state index contributed by atoms with van der Waals surface area (Å²) in [6, 6.07) is 13.3. The van der Waals surface area contributed by atoms with Crippen molar-refractivity contribution in [1.29, 1.82) is 0 Å². The maximum absolute atomic E-state index is 12.6. The van der Waals surface area contributed by atoms with Crippen molar-refractivity contribution >= 4 is 11.0 Å². The molecule has 0 aliphatic carbocycles. The Balaban J connectivity index is 0.000000456. The van der Waals surface area contributed by atoms with Crippen LogP contribution in [0, 0.1) is 13.0 Å². The van der Waals surface area contributed by atoms with Crippen molar-refractivity contribution in [2.24, 2.45) is 0 Å². The van der Waals surface area contributed by atoms with Crippen molar-refractivity contribution in [3.8, 4) is 11.3 Å². The number of hydrogen-bond acceptors (Lipinski definition) is 4. The average Bonchev–Trinajstić information content (AvgIpc) is 2.60. The molecular weight excluding hydrogens is 561 g/mol. The molecule has 2 unspecified atom stereocenters. The predicted octanol–water partition coefficient (Wildman–Crippen LogP) is 4.56. The second kappa shape index (κ2) is 10.8. The zero-order valence-corrected chi connectivity index (χ0v) is 18.6. The summed E-state index contributed by atoms with van der Waals surface area (Å²) in [6.07, 6.45) is -4.64. The number of alkyl halides is 3. The van der Waals surface area contributed by atoms with Gasteiger partial charge in [0, 0.05) is 31.5 Å². The molecule has 1 aromatic heterocycles. The van der Waals surface area contributed by atoms with E-state index in [-0.39, 0.29) is 32.3 Å². The summed E-state index contributed by atoms with van der Waals surface area (Å²) in [5.74, 6) is 0. The van der Waals surface area contributed by atoms with Crippen molar-refractivity contribution in [1.82, 2.24) is 9.97 Å². The summed E-state index contributed by atoms with van der Waals surface area (Å²) < 4.78 is 37.7. The number of aliphatic hydroxyl groups is 2. The molecule has 0 saturated heterocycles. The zero-order valence-electron chi connectivity index (χ0n) is 16.2. The van der Waals surface area contributed by atoms with Crippen LogP contribution < -0.4 is 0 Å². The molecule has 29 heavy (non-hydrogen) atoms. The van der Waals surface area contributed by atoms with Gasteiger partial charge in [-0.1, -0.05) is 12.1 Å². The van der Waals surface area contributed by atoms with Gasteiger partial charge in [-0.25, -0.2) is 0 Å². The Morgan fingerprint density at radius 2 is 1.52 bits per heavy atom. The topological polar surface area (TPSA) is 66.2 Å². The summed E-state index contributed by atoms with van der Waals surface area (Å²) in [5.41, 5.74) is 2.43. The van der Waals surface area contributed by atoms with Crippen LogP contribution in [0.25, 0.3) is 22.3 Å². The van der Waals surface area contributed by atoms with E-state index in [1.54, 1.807) is 20.8 Å². The molecule has 0 aliphatic rings. The van der Waals surface area contributed by atoms with Crippen LogP contribution in [-0.4, -0.2) is 32.4 Å². The molecule has 1 radical (unpaired) electrons. The Morgan fingerprint density at radius 1 is 0.966 bits per heavy atom. The van der Waals surface area contributed by atoms with Gasteiger partial charge in [0.05, 0.1) is 23.2 Å². The number of fused-ring (bicyclic) bond motifs is 1. The van der Waals surface area contributed by atoms with Crippen LogP contribution in [0.1, 0.15) is 31.5 Å². The molecule has 3 rings (SSSR count). The van der Waals surface area contributed by atoms with Gasteiger partial charge in [-0.15, -0.1) is 29.8 Å². The van der Waals surface area contributed by atoms with Gasteiger partial charge < -0.3 is 10.2 Å². The molecule has 0 saturated carbocycles. The number of aryl methyl sites for hydroxylation is 1. The summed E-state index contributed by atoms with van der Waals surface area (Å²) in [4.78, 5) is 8.88. The Bertz CT molecular complexity index is 908. The van der Waals surface area contributed by atoms with E-state index in [9.17, 15) is 13.2 Å². The Labute approximate surface area is 181 Å². The maximum Gasteiger partial charge on any atom is 0.381 e. The van der Waals surface area contributed by atoms with Gasteiger partial charge in [0.2, 0.25) is 0 Å². The molecule has 1 heterocycles. The number of nitrogens with zero attached hydrogens (tertiary/aromatic N) is 2. The van der Waals surface area contributed by atoms with Gasteiger partial charge in [0.25, 0.3) is 0 Å². The van der Waals surface area contributed by atoms with E-state index >= 15 is 0 Å². The van der Waals surface area contributed by atoms with Crippen LogP contribution in [0.3, 0.4) is 0 Å². The van der Waals surface area contributed by atoms with E-state index in [0.717, 1.165) is 17.6 Å². The fourth-order valence-corrected chi connectivity index (χ4v) is 2.59. The normalized spacial score (nSPS) is 13.1. The van der Waals surface area contributed by atoms with Crippen LogP contribution in [-0.2, 0) is 26.3 Å². The molecule has 3 aromatic rings. The molecule has 4 nitrogen and oxygen atoms in total. The fourth-order valence-electron chi connectivity index (χ4n) is 2.59. The summed E-state index contributed by atoms with van der Waals surface area (Å²) in [5, 5.41) is 17.1. The first-order valence-electron chi connectivity index (χ1n) is 8.76. The van der Waals surface area contributed by atoms with Crippen molar-refractivity contribution in [2.45, 2.75) is 45.6 Å². The molecule has 2 N–H and O–H groups in total. The molecule has 0 aliphatic heterocycles. The van der Waals surface area contributed by atoms with E-state index < -0.39 is 11.7 Å². The van der Waals surface area contributed by atoms with Gasteiger partial charge >= 0.3 is 6.18 Å². The van der Waals surface area contributed by atoms with E-state index in [2.05, 4.69) is 16.0 Å². The summed E-state index contributed by atoms with van der Waals surface area (Å²) >= 11 is 0. The summed E-state index contributed by atoms with van der Waals surface area (Å²) in [6.45, 7) is 5.10. The monoisotopic (exact) mass is 584 g/mol. The maximum atomic E-state index is 12.6. The largest absolute Gasteiger partial charge is 0.393 e. The van der Waals surface area contributed by atoms with E-state index in [0.29, 0.717) is 28.9 Å². The number of benzene rings is 2. The Hall–Kier alpha value is -1.86. The first-order chi connectivity index (χ1) is 13.1. The number of para-hydroxylation sites is 2. The number of halogens is 3. The quantitative estimate of drug-likeness (QED) is 0.444. The second-order valence-electron chi connectivity index (χ2n) is 6.57. The number of aromatic nitrogens is 2. The SMILES string of the molecule is CC(O)CC(C)O.Cc1nc2ccccc2nc1-c1[c-]cc(C(F)(F)F)cc1.[Ir]. The van der Waals surface area contributed by atoms with Gasteiger partial charge in [-0.3, -0.25) is 9.97 Å². The van der Waals surface area contributed by atoms with E-state index in [1.165, 1.54) is 6.07 Å². The molecule has 0 amide bonds. The second-order valence-corrected chi connectivity index (χ2v) is 6.57. The van der Waals surface area contributed by atoms with Crippen molar-refractivity contribution in [2.75, 3.05) is 0 Å². The predicted molar refractivity (Wildman–Crippen MR) is 102 cm³/mol. The molecule has 0 spiro atoms. The van der Waals surface area contributed by atoms with Crippen molar-refractivity contribution in [3.05, 3.63) is 59.8 Å².